The molecule has 16 heavy (non-hydrogen) atoms. The number of hydrogen-bond donors (Lipinski definition) is 2. The van der Waals surface area contributed by atoms with Gasteiger partial charge in [0.2, 0.25) is 0 Å². The summed E-state index contributed by atoms with van der Waals surface area (Å²) in [5, 5.41) is 11.4. The molecule has 1 atom stereocenters. The largest absolute Gasteiger partial charge is 0.480 e. The molecule has 0 aromatic carbocycles. The maximum atomic E-state index is 11.8. The number of carboxylic acids is 1. The molecule has 2 amide bonds. The Hall–Kier alpha value is -1.26. The Morgan fingerprint density at radius 3 is 2.44 bits per heavy atom. The molecular weight excluding hydrogens is 208 g/mol. The molecule has 0 aromatic heterocycles. The Kier molecular flexibility index (Phi) is 4.58. The van der Waals surface area contributed by atoms with E-state index in [9.17, 15) is 9.59 Å². The fourth-order valence-electron chi connectivity index (χ4n) is 2.05. The van der Waals surface area contributed by atoms with E-state index in [1.165, 1.54) is 0 Å². The Morgan fingerprint density at radius 1 is 1.44 bits per heavy atom. The zero-order valence-corrected chi connectivity index (χ0v) is 9.90. The van der Waals surface area contributed by atoms with Crippen molar-refractivity contribution < 1.29 is 14.7 Å². The van der Waals surface area contributed by atoms with Crippen LogP contribution in [0, 0.1) is 0 Å². The second-order valence-corrected chi connectivity index (χ2v) is 4.30. The standard InChI is InChI=1S/C11H20N2O3/c1-3-9(10(14)15)12-11(16)13(2)8-6-4-5-7-8/h8-9H,3-7H2,1-2H3,(H,12,16)(H,14,15). The highest BCUT2D eigenvalue weighted by Crippen LogP contribution is 2.22. The van der Waals surface area contributed by atoms with Gasteiger partial charge in [0.05, 0.1) is 0 Å². The summed E-state index contributed by atoms with van der Waals surface area (Å²) in [5.74, 6) is -0.976. The fraction of sp³-hybridized carbons (Fsp3) is 0.818. The van der Waals surface area contributed by atoms with Crippen molar-refractivity contribution in [3.8, 4) is 0 Å². The second-order valence-electron chi connectivity index (χ2n) is 4.30. The monoisotopic (exact) mass is 228 g/mol. The minimum atomic E-state index is -0.976. The summed E-state index contributed by atoms with van der Waals surface area (Å²) in [7, 11) is 1.74. The minimum Gasteiger partial charge on any atom is -0.480 e. The van der Waals surface area contributed by atoms with E-state index in [-0.39, 0.29) is 12.1 Å². The molecule has 0 saturated heterocycles. The van der Waals surface area contributed by atoms with Crippen LogP contribution in [0.25, 0.3) is 0 Å². The number of carbonyl (C=O) groups excluding carboxylic acids is 1. The number of amides is 2. The van der Waals surface area contributed by atoms with Crippen molar-refractivity contribution in [2.45, 2.75) is 51.1 Å². The van der Waals surface area contributed by atoms with Crippen molar-refractivity contribution in [2.75, 3.05) is 7.05 Å². The van der Waals surface area contributed by atoms with Gasteiger partial charge in [-0.05, 0) is 19.3 Å². The summed E-state index contributed by atoms with van der Waals surface area (Å²) in [5.41, 5.74) is 0. The third-order valence-electron chi connectivity index (χ3n) is 3.20. The molecule has 1 fully saturated rings. The minimum absolute atomic E-state index is 0.270. The summed E-state index contributed by atoms with van der Waals surface area (Å²) in [6.45, 7) is 1.74. The van der Waals surface area contributed by atoms with Gasteiger partial charge in [-0.3, -0.25) is 0 Å². The number of carbonyl (C=O) groups is 2. The quantitative estimate of drug-likeness (QED) is 0.764. The van der Waals surface area contributed by atoms with E-state index >= 15 is 0 Å². The normalized spacial score (nSPS) is 18.1. The molecule has 1 saturated carbocycles. The summed E-state index contributed by atoms with van der Waals surface area (Å²) in [6.07, 6.45) is 4.75. The molecule has 5 heteroatoms. The van der Waals surface area contributed by atoms with Crippen molar-refractivity contribution in [1.82, 2.24) is 10.2 Å². The summed E-state index contributed by atoms with van der Waals surface area (Å²) >= 11 is 0. The zero-order chi connectivity index (χ0) is 12.1. The number of rotatable bonds is 4. The van der Waals surface area contributed by atoms with E-state index in [1.807, 2.05) is 0 Å². The summed E-state index contributed by atoms with van der Waals surface area (Å²) in [6, 6.07) is -0.788. The lowest BCUT2D eigenvalue weighted by molar-refractivity contribution is -0.139. The number of nitrogens with one attached hydrogen (secondary N) is 1. The summed E-state index contributed by atoms with van der Waals surface area (Å²) < 4.78 is 0. The Morgan fingerprint density at radius 2 is 2.00 bits per heavy atom. The van der Waals surface area contributed by atoms with Crippen LogP contribution in [0.2, 0.25) is 0 Å². The van der Waals surface area contributed by atoms with E-state index in [0.717, 1.165) is 25.7 Å². The lowest BCUT2D eigenvalue weighted by Crippen LogP contribution is -2.49. The Balaban J connectivity index is 2.46. The van der Waals surface area contributed by atoms with Gasteiger partial charge in [-0.25, -0.2) is 9.59 Å². The topological polar surface area (TPSA) is 69.6 Å². The first-order valence-corrected chi connectivity index (χ1v) is 5.82. The van der Waals surface area contributed by atoms with E-state index < -0.39 is 12.0 Å². The van der Waals surface area contributed by atoms with Crippen LogP contribution in [0.5, 0.6) is 0 Å². The third-order valence-corrected chi connectivity index (χ3v) is 3.20. The molecule has 1 aliphatic carbocycles. The second kappa shape index (κ2) is 5.72. The van der Waals surface area contributed by atoms with Crippen molar-refractivity contribution in [3.63, 3.8) is 0 Å². The smallest absolute Gasteiger partial charge is 0.326 e. The summed E-state index contributed by atoms with van der Waals surface area (Å²) in [4.78, 5) is 24.2. The molecule has 2 N–H and O–H groups in total. The van der Waals surface area contributed by atoms with Gasteiger partial charge in [-0.15, -0.1) is 0 Å². The van der Waals surface area contributed by atoms with Gasteiger partial charge >= 0.3 is 12.0 Å². The van der Waals surface area contributed by atoms with E-state index in [1.54, 1.807) is 18.9 Å². The SMILES string of the molecule is CCC(NC(=O)N(C)C1CCCC1)C(=O)O. The van der Waals surface area contributed by atoms with Gasteiger partial charge in [-0.1, -0.05) is 19.8 Å². The van der Waals surface area contributed by atoms with Crippen LogP contribution in [0.15, 0.2) is 0 Å². The highest BCUT2D eigenvalue weighted by atomic mass is 16.4. The maximum Gasteiger partial charge on any atom is 0.326 e. The molecule has 0 spiro atoms. The average Bonchev–Trinajstić information content (AvgIpc) is 2.77. The predicted octanol–water partition coefficient (Wildman–Crippen LogP) is 1.43. The first-order chi connectivity index (χ1) is 7.56. The number of nitrogens with zero attached hydrogens (tertiary/aromatic N) is 1. The van der Waals surface area contributed by atoms with Crippen LogP contribution < -0.4 is 5.32 Å². The van der Waals surface area contributed by atoms with Gasteiger partial charge < -0.3 is 15.3 Å². The van der Waals surface area contributed by atoms with Crippen LogP contribution in [0.3, 0.4) is 0 Å². The Labute approximate surface area is 95.8 Å². The van der Waals surface area contributed by atoms with Gasteiger partial charge in [0.15, 0.2) is 0 Å². The van der Waals surface area contributed by atoms with Crippen molar-refractivity contribution >= 4 is 12.0 Å². The lowest BCUT2D eigenvalue weighted by atomic mass is 10.2. The number of aliphatic carboxylic acids is 1. The molecule has 0 bridgehead atoms. The van der Waals surface area contributed by atoms with Crippen molar-refractivity contribution in [3.05, 3.63) is 0 Å². The molecular formula is C11H20N2O3. The highest BCUT2D eigenvalue weighted by Gasteiger charge is 2.26. The molecule has 5 nitrogen and oxygen atoms in total. The average molecular weight is 228 g/mol. The first-order valence-electron chi connectivity index (χ1n) is 5.82. The molecule has 0 heterocycles. The van der Waals surface area contributed by atoms with E-state index in [4.69, 9.17) is 5.11 Å². The van der Waals surface area contributed by atoms with Crippen LogP contribution in [-0.4, -0.2) is 41.1 Å². The van der Waals surface area contributed by atoms with Gasteiger partial charge in [0, 0.05) is 13.1 Å². The van der Waals surface area contributed by atoms with Crippen molar-refractivity contribution in [1.29, 1.82) is 0 Å². The zero-order valence-electron chi connectivity index (χ0n) is 9.90. The van der Waals surface area contributed by atoms with Gasteiger partial charge in [0.25, 0.3) is 0 Å². The highest BCUT2D eigenvalue weighted by molar-refractivity contribution is 5.82. The molecule has 1 aliphatic rings. The van der Waals surface area contributed by atoms with Gasteiger partial charge in [0.1, 0.15) is 6.04 Å². The van der Waals surface area contributed by atoms with Crippen molar-refractivity contribution in [2.24, 2.45) is 0 Å². The molecule has 0 aliphatic heterocycles. The molecule has 1 rings (SSSR count). The first kappa shape index (κ1) is 12.8. The van der Waals surface area contributed by atoms with Crippen LogP contribution in [0.4, 0.5) is 4.79 Å². The van der Waals surface area contributed by atoms with E-state index in [2.05, 4.69) is 5.32 Å². The van der Waals surface area contributed by atoms with Gasteiger partial charge in [-0.2, -0.15) is 0 Å². The van der Waals surface area contributed by atoms with E-state index in [0.29, 0.717) is 6.42 Å². The van der Waals surface area contributed by atoms with Crippen LogP contribution in [-0.2, 0) is 4.79 Å². The number of carboxylic acid groups (broad SMARTS) is 1. The van der Waals surface area contributed by atoms with Crippen LogP contribution in [0.1, 0.15) is 39.0 Å². The molecule has 0 radical (unpaired) electrons. The fourth-order valence-corrected chi connectivity index (χ4v) is 2.05. The lowest BCUT2D eigenvalue weighted by Gasteiger charge is -2.26. The third kappa shape index (κ3) is 3.12. The maximum absolute atomic E-state index is 11.8. The predicted molar refractivity (Wildman–Crippen MR) is 60.3 cm³/mol. The Bertz CT molecular complexity index is 262. The number of urea groups is 1. The molecule has 1 unspecified atom stereocenters. The molecule has 0 aromatic rings. The molecule has 92 valence electrons. The van der Waals surface area contributed by atoms with Crippen LogP contribution >= 0.6 is 0 Å². The number of hydrogen-bond acceptors (Lipinski definition) is 2.